The predicted octanol–water partition coefficient (Wildman–Crippen LogP) is 1.24. The second-order valence-electron chi connectivity index (χ2n) is 3.10. The molecule has 0 aliphatic rings. The monoisotopic (exact) mass is 190 g/mol. The molecular formula is C10H10N2O2. The molecule has 4 nitrogen and oxygen atoms in total. The molecule has 0 saturated carbocycles. The Labute approximate surface area is 80.6 Å². The van der Waals surface area contributed by atoms with Crippen LogP contribution in [0.2, 0.25) is 0 Å². The van der Waals surface area contributed by atoms with Crippen LogP contribution < -0.4 is 10.3 Å². The fourth-order valence-corrected chi connectivity index (χ4v) is 1.33. The van der Waals surface area contributed by atoms with Crippen LogP contribution in [0.3, 0.4) is 0 Å². The molecule has 1 heterocycles. The summed E-state index contributed by atoms with van der Waals surface area (Å²) in [4.78, 5) is 18.2. The van der Waals surface area contributed by atoms with Crippen molar-refractivity contribution >= 4 is 10.9 Å². The van der Waals surface area contributed by atoms with E-state index in [2.05, 4.69) is 9.97 Å². The van der Waals surface area contributed by atoms with Gasteiger partial charge in [-0.1, -0.05) is 11.6 Å². The molecule has 0 atom stereocenters. The average Bonchev–Trinajstić information content (AvgIpc) is 2.19. The summed E-state index contributed by atoms with van der Waals surface area (Å²) in [7, 11) is 1.47. The molecule has 1 aromatic carbocycles. The lowest BCUT2D eigenvalue weighted by molar-refractivity contribution is 0.380. The number of ether oxygens (including phenoxy) is 1. The Morgan fingerprint density at radius 3 is 2.93 bits per heavy atom. The molecular weight excluding hydrogens is 180 g/mol. The lowest BCUT2D eigenvalue weighted by atomic mass is 10.2. The van der Waals surface area contributed by atoms with Crippen molar-refractivity contribution in [1.29, 1.82) is 0 Å². The summed E-state index contributed by atoms with van der Waals surface area (Å²) in [6.07, 6.45) is 0. The zero-order chi connectivity index (χ0) is 10.1. The zero-order valence-electron chi connectivity index (χ0n) is 8.00. The van der Waals surface area contributed by atoms with Crippen LogP contribution in [0.25, 0.3) is 10.9 Å². The van der Waals surface area contributed by atoms with Crippen molar-refractivity contribution in [3.63, 3.8) is 0 Å². The Balaban J connectivity index is 2.83. The number of nitrogens with zero attached hydrogens (tertiary/aromatic N) is 1. The number of hydrogen-bond acceptors (Lipinski definition) is 3. The van der Waals surface area contributed by atoms with Crippen molar-refractivity contribution in [2.24, 2.45) is 0 Å². The molecule has 0 radical (unpaired) electrons. The number of aryl methyl sites for hydroxylation is 1. The molecule has 72 valence electrons. The fraction of sp³-hybridized carbons (Fsp3) is 0.200. The number of benzene rings is 1. The summed E-state index contributed by atoms with van der Waals surface area (Å²) in [6, 6.07) is 5.77. The van der Waals surface area contributed by atoms with E-state index in [1.165, 1.54) is 7.11 Å². The third kappa shape index (κ3) is 1.35. The van der Waals surface area contributed by atoms with Crippen LogP contribution >= 0.6 is 0 Å². The van der Waals surface area contributed by atoms with Gasteiger partial charge in [0.25, 0.3) is 11.6 Å². The molecule has 0 fully saturated rings. The molecule has 0 unspecified atom stereocenters. The first-order valence-corrected chi connectivity index (χ1v) is 4.25. The SMILES string of the molecule is COc1nc2ccc(C)cc2c(=O)[nH]1. The first-order valence-electron chi connectivity index (χ1n) is 4.25. The van der Waals surface area contributed by atoms with Gasteiger partial charge in [-0.2, -0.15) is 4.98 Å². The molecule has 0 spiro atoms. The number of methoxy groups -OCH3 is 1. The summed E-state index contributed by atoms with van der Waals surface area (Å²) in [5.41, 5.74) is 1.52. The van der Waals surface area contributed by atoms with Crippen LogP contribution in [0.5, 0.6) is 6.01 Å². The van der Waals surface area contributed by atoms with Crippen molar-refractivity contribution in [2.75, 3.05) is 7.11 Å². The molecule has 2 rings (SSSR count). The van der Waals surface area contributed by atoms with Crippen LogP contribution in [0, 0.1) is 6.92 Å². The second-order valence-corrected chi connectivity index (χ2v) is 3.10. The summed E-state index contributed by atoms with van der Waals surface area (Å²) < 4.78 is 4.87. The quantitative estimate of drug-likeness (QED) is 0.736. The summed E-state index contributed by atoms with van der Waals surface area (Å²) in [5.74, 6) is 0. The van der Waals surface area contributed by atoms with E-state index in [0.29, 0.717) is 10.9 Å². The van der Waals surface area contributed by atoms with Gasteiger partial charge in [0.05, 0.1) is 18.0 Å². The van der Waals surface area contributed by atoms with Gasteiger partial charge in [0.2, 0.25) is 0 Å². The Kier molecular flexibility index (Phi) is 1.96. The maximum atomic E-state index is 11.5. The molecule has 4 heteroatoms. The minimum Gasteiger partial charge on any atom is -0.468 e. The molecule has 1 N–H and O–H groups in total. The first-order chi connectivity index (χ1) is 6.70. The fourth-order valence-electron chi connectivity index (χ4n) is 1.33. The van der Waals surface area contributed by atoms with Crippen molar-refractivity contribution in [3.05, 3.63) is 34.1 Å². The third-order valence-electron chi connectivity index (χ3n) is 2.03. The molecule has 0 aliphatic heterocycles. The lowest BCUT2D eigenvalue weighted by Crippen LogP contribution is -2.09. The number of aromatic nitrogens is 2. The lowest BCUT2D eigenvalue weighted by Gasteiger charge is -2.01. The van der Waals surface area contributed by atoms with E-state index >= 15 is 0 Å². The molecule has 0 bridgehead atoms. The van der Waals surface area contributed by atoms with Crippen LogP contribution in [0.15, 0.2) is 23.0 Å². The van der Waals surface area contributed by atoms with Crippen LogP contribution in [-0.4, -0.2) is 17.1 Å². The van der Waals surface area contributed by atoms with Gasteiger partial charge in [-0.3, -0.25) is 9.78 Å². The van der Waals surface area contributed by atoms with Gasteiger partial charge in [-0.15, -0.1) is 0 Å². The van der Waals surface area contributed by atoms with E-state index in [1.807, 2.05) is 19.1 Å². The summed E-state index contributed by atoms with van der Waals surface area (Å²) in [5, 5.41) is 0.589. The van der Waals surface area contributed by atoms with Gasteiger partial charge in [0.15, 0.2) is 0 Å². The molecule has 2 aromatic rings. The van der Waals surface area contributed by atoms with Crippen LogP contribution in [0.4, 0.5) is 0 Å². The van der Waals surface area contributed by atoms with Crippen molar-refractivity contribution < 1.29 is 4.74 Å². The largest absolute Gasteiger partial charge is 0.468 e. The Hall–Kier alpha value is -1.84. The minimum absolute atomic E-state index is 0.171. The Morgan fingerprint density at radius 2 is 2.21 bits per heavy atom. The minimum atomic E-state index is -0.171. The van der Waals surface area contributed by atoms with E-state index in [-0.39, 0.29) is 11.6 Å². The molecule has 1 aromatic heterocycles. The van der Waals surface area contributed by atoms with Crippen LogP contribution in [0.1, 0.15) is 5.56 Å². The van der Waals surface area contributed by atoms with E-state index in [4.69, 9.17) is 4.74 Å². The average molecular weight is 190 g/mol. The number of rotatable bonds is 1. The van der Waals surface area contributed by atoms with Gasteiger partial charge < -0.3 is 4.74 Å². The van der Waals surface area contributed by atoms with Crippen molar-refractivity contribution in [1.82, 2.24) is 9.97 Å². The maximum Gasteiger partial charge on any atom is 0.296 e. The van der Waals surface area contributed by atoms with Gasteiger partial charge in [-0.25, -0.2) is 0 Å². The topological polar surface area (TPSA) is 55.0 Å². The van der Waals surface area contributed by atoms with Crippen LogP contribution in [-0.2, 0) is 0 Å². The third-order valence-corrected chi connectivity index (χ3v) is 2.03. The van der Waals surface area contributed by atoms with Crippen molar-refractivity contribution in [3.8, 4) is 6.01 Å². The van der Waals surface area contributed by atoms with Gasteiger partial charge >= 0.3 is 0 Å². The standard InChI is InChI=1S/C10H10N2O2/c1-6-3-4-8-7(5-6)9(13)12-10(11-8)14-2/h3-5H,1-2H3,(H,11,12,13). The molecule has 0 saturated heterocycles. The number of hydrogen-bond donors (Lipinski definition) is 1. The first kappa shape index (κ1) is 8.74. The summed E-state index contributed by atoms with van der Waals surface area (Å²) in [6.45, 7) is 1.93. The molecule has 14 heavy (non-hydrogen) atoms. The van der Waals surface area contributed by atoms with Gasteiger partial charge in [0.1, 0.15) is 0 Å². The highest BCUT2D eigenvalue weighted by Crippen LogP contribution is 2.11. The molecule has 0 amide bonds. The summed E-state index contributed by atoms with van der Waals surface area (Å²) >= 11 is 0. The van der Waals surface area contributed by atoms with Gasteiger partial charge in [-0.05, 0) is 19.1 Å². The second kappa shape index (κ2) is 3.14. The number of H-pyrrole nitrogens is 1. The highest BCUT2D eigenvalue weighted by Gasteiger charge is 2.02. The number of nitrogens with one attached hydrogen (secondary N) is 1. The normalized spacial score (nSPS) is 10.4. The Bertz CT molecular complexity index is 531. The zero-order valence-corrected chi connectivity index (χ0v) is 8.00. The van der Waals surface area contributed by atoms with E-state index < -0.39 is 0 Å². The Morgan fingerprint density at radius 1 is 1.43 bits per heavy atom. The molecule has 0 aliphatic carbocycles. The van der Waals surface area contributed by atoms with E-state index in [0.717, 1.165) is 5.56 Å². The van der Waals surface area contributed by atoms with Gasteiger partial charge in [0, 0.05) is 0 Å². The highest BCUT2D eigenvalue weighted by atomic mass is 16.5. The van der Waals surface area contributed by atoms with E-state index in [9.17, 15) is 4.79 Å². The van der Waals surface area contributed by atoms with E-state index in [1.54, 1.807) is 6.07 Å². The van der Waals surface area contributed by atoms with Crippen molar-refractivity contribution in [2.45, 2.75) is 6.92 Å². The predicted molar refractivity (Wildman–Crippen MR) is 53.7 cm³/mol. The highest BCUT2D eigenvalue weighted by molar-refractivity contribution is 5.78. The smallest absolute Gasteiger partial charge is 0.296 e. The maximum absolute atomic E-state index is 11.5. The number of aromatic amines is 1. The number of fused-ring (bicyclic) bond motifs is 1.